The molecule has 2 heterocycles. The predicted octanol–water partition coefficient (Wildman–Crippen LogP) is 2.83. The van der Waals surface area contributed by atoms with Gasteiger partial charge in [0.05, 0.1) is 23.5 Å². The number of phenolic OH excluding ortho intramolecular Hbond substituents is 1. The summed E-state index contributed by atoms with van der Waals surface area (Å²) in [5, 5.41) is 23.2. The molecule has 2 aromatic rings. The van der Waals surface area contributed by atoms with Crippen LogP contribution in [-0.2, 0) is 16.6 Å². The van der Waals surface area contributed by atoms with Crippen molar-refractivity contribution >= 4 is 11.7 Å². The molecule has 4 aliphatic rings. The first-order valence-corrected chi connectivity index (χ1v) is 12.7. The summed E-state index contributed by atoms with van der Waals surface area (Å²) < 4.78 is 6.52. The number of nitrogens with zero attached hydrogens (tertiary/aromatic N) is 2. The molecule has 2 aromatic carbocycles. The van der Waals surface area contributed by atoms with Gasteiger partial charge in [-0.2, -0.15) is 0 Å². The van der Waals surface area contributed by atoms with E-state index in [0.717, 1.165) is 17.7 Å². The van der Waals surface area contributed by atoms with Crippen molar-refractivity contribution in [1.82, 2.24) is 9.80 Å². The van der Waals surface area contributed by atoms with Crippen molar-refractivity contribution in [3.63, 3.8) is 0 Å². The van der Waals surface area contributed by atoms with Crippen LogP contribution >= 0.6 is 0 Å². The molecular formula is C29H32N2O5. The molecule has 2 fully saturated rings. The molecule has 2 aliphatic carbocycles. The number of amides is 1. The number of hydrogen-bond acceptors (Lipinski definition) is 6. The van der Waals surface area contributed by atoms with E-state index >= 15 is 0 Å². The van der Waals surface area contributed by atoms with E-state index in [4.69, 9.17) is 4.74 Å². The van der Waals surface area contributed by atoms with Gasteiger partial charge in [0.1, 0.15) is 6.10 Å². The summed E-state index contributed by atoms with van der Waals surface area (Å²) in [5.74, 6) is 0.0265. The van der Waals surface area contributed by atoms with Crippen LogP contribution in [-0.4, -0.2) is 75.6 Å². The zero-order valence-electron chi connectivity index (χ0n) is 20.5. The third-order valence-corrected chi connectivity index (χ3v) is 9.20. The highest BCUT2D eigenvalue weighted by atomic mass is 16.5. The van der Waals surface area contributed by atoms with Crippen molar-refractivity contribution in [3.05, 3.63) is 71.8 Å². The monoisotopic (exact) mass is 488 g/mol. The van der Waals surface area contributed by atoms with Crippen LogP contribution in [0.2, 0.25) is 0 Å². The molecule has 0 radical (unpaired) electrons. The smallest absolute Gasteiger partial charge is 0.230 e. The number of piperidine rings is 1. The van der Waals surface area contributed by atoms with Crippen LogP contribution in [0, 0.1) is 0 Å². The number of rotatable bonds is 6. The number of ketones is 1. The van der Waals surface area contributed by atoms with E-state index in [1.807, 2.05) is 18.2 Å². The summed E-state index contributed by atoms with van der Waals surface area (Å²) in [6.07, 6.45) is 3.54. The van der Waals surface area contributed by atoms with Gasteiger partial charge in [-0.1, -0.05) is 42.5 Å². The summed E-state index contributed by atoms with van der Waals surface area (Å²) in [7, 11) is 1.73. The standard InChI is InChI=1S/C29H32N2O5/c1-3-14-31-15-13-28-25-19-9-10-21(32)26(25)36-27(28)20(11-12-29(28,35)23(31)16-19)30(2)24(34)17-22(33)18-7-5-4-6-8-18/h3-10,20,23,27,32,35H,1,11-17H2,2H3/t20?,23-,27?,28+,29-/m1/s1. The molecule has 2 N–H and O–H groups in total. The molecule has 36 heavy (non-hydrogen) atoms. The Hall–Kier alpha value is -3.16. The zero-order valence-corrected chi connectivity index (χ0v) is 20.5. The van der Waals surface area contributed by atoms with Crippen LogP contribution in [0.3, 0.4) is 0 Å². The lowest BCUT2D eigenvalue weighted by molar-refractivity contribution is -0.198. The number of carbonyl (C=O) groups excluding carboxylic acids is 2. The highest BCUT2D eigenvalue weighted by molar-refractivity contribution is 6.07. The van der Waals surface area contributed by atoms with Gasteiger partial charge in [-0.25, -0.2) is 0 Å². The quantitative estimate of drug-likeness (QED) is 0.369. The van der Waals surface area contributed by atoms with Crippen LogP contribution in [0.25, 0.3) is 0 Å². The molecular weight excluding hydrogens is 456 g/mol. The van der Waals surface area contributed by atoms with Crippen molar-refractivity contribution in [2.75, 3.05) is 20.1 Å². The van der Waals surface area contributed by atoms with Crippen molar-refractivity contribution in [2.45, 2.75) is 61.3 Å². The number of Topliss-reactive ketones (excluding diaryl/α,β-unsaturated/α-hetero) is 1. The van der Waals surface area contributed by atoms with Crippen molar-refractivity contribution in [3.8, 4) is 11.5 Å². The number of carbonyl (C=O) groups is 2. The summed E-state index contributed by atoms with van der Waals surface area (Å²) in [6, 6.07) is 12.0. The predicted molar refractivity (Wildman–Crippen MR) is 134 cm³/mol. The van der Waals surface area contributed by atoms with E-state index in [1.165, 1.54) is 0 Å². The van der Waals surface area contributed by atoms with Gasteiger partial charge >= 0.3 is 0 Å². The minimum Gasteiger partial charge on any atom is -0.504 e. The van der Waals surface area contributed by atoms with Gasteiger partial charge in [0, 0.05) is 30.8 Å². The minimum atomic E-state index is -1.05. The highest BCUT2D eigenvalue weighted by Gasteiger charge is 2.73. The lowest BCUT2D eigenvalue weighted by Gasteiger charge is -2.64. The third-order valence-electron chi connectivity index (χ3n) is 9.20. The largest absolute Gasteiger partial charge is 0.504 e. The van der Waals surface area contributed by atoms with Crippen molar-refractivity contribution < 1.29 is 24.5 Å². The lowest BCUT2D eigenvalue weighted by Crippen LogP contribution is -2.78. The van der Waals surface area contributed by atoms with E-state index < -0.39 is 17.1 Å². The maximum Gasteiger partial charge on any atom is 0.230 e. The number of benzene rings is 2. The van der Waals surface area contributed by atoms with Crippen molar-refractivity contribution in [2.24, 2.45) is 0 Å². The van der Waals surface area contributed by atoms with Gasteiger partial charge in [0.2, 0.25) is 5.91 Å². The molecule has 2 bridgehead atoms. The van der Waals surface area contributed by atoms with Gasteiger partial charge < -0.3 is 19.8 Å². The van der Waals surface area contributed by atoms with E-state index in [1.54, 1.807) is 42.3 Å². The molecule has 5 atom stereocenters. The van der Waals surface area contributed by atoms with Crippen LogP contribution < -0.4 is 4.74 Å². The molecule has 1 amide bonds. The Balaban J connectivity index is 1.37. The fraction of sp³-hybridized carbons (Fsp3) is 0.448. The Morgan fingerprint density at radius 1 is 1.22 bits per heavy atom. The summed E-state index contributed by atoms with van der Waals surface area (Å²) in [5.41, 5.74) is 0.737. The first-order chi connectivity index (χ1) is 17.3. The van der Waals surface area contributed by atoms with E-state index in [9.17, 15) is 19.8 Å². The fourth-order valence-electron chi connectivity index (χ4n) is 7.56. The fourth-order valence-corrected chi connectivity index (χ4v) is 7.56. The lowest BCUT2D eigenvalue weighted by atomic mass is 9.48. The third kappa shape index (κ3) is 2.99. The Bertz CT molecular complexity index is 1250. The Morgan fingerprint density at radius 2 is 2.00 bits per heavy atom. The molecule has 7 heteroatoms. The Kier molecular flexibility index (Phi) is 5.28. The van der Waals surface area contributed by atoms with Crippen LogP contribution in [0.1, 0.15) is 47.2 Å². The second-order valence-corrected chi connectivity index (χ2v) is 10.7. The SMILES string of the molecule is C=CCN1CC[C@]23c4c5ccc(O)c4OC2C(N(C)C(=O)CC(=O)c2ccccc2)CC[C@@]3(O)[C@H]1C5. The molecule has 6 rings (SSSR count). The zero-order chi connectivity index (χ0) is 25.2. The maximum atomic E-state index is 13.3. The molecule has 7 nitrogen and oxygen atoms in total. The number of aromatic hydroxyl groups is 1. The molecule has 1 spiro atoms. The summed E-state index contributed by atoms with van der Waals surface area (Å²) in [6.45, 7) is 5.37. The number of aliphatic hydroxyl groups is 1. The first-order valence-electron chi connectivity index (χ1n) is 12.7. The van der Waals surface area contributed by atoms with Crippen LogP contribution in [0.15, 0.2) is 55.1 Å². The highest BCUT2D eigenvalue weighted by Crippen LogP contribution is 2.65. The Labute approximate surface area is 211 Å². The van der Waals surface area contributed by atoms with Gasteiger partial charge in [-0.15, -0.1) is 6.58 Å². The average Bonchev–Trinajstić information content (AvgIpc) is 3.23. The normalized spacial score (nSPS) is 31.8. The number of ether oxygens (including phenoxy) is 1. The molecule has 188 valence electrons. The number of hydrogen-bond donors (Lipinski definition) is 2. The second-order valence-electron chi connectivity index (χ2n) is 10.7. The van der Waals surface area contributed by atoms with Crippen molar-refractivity contribution in [1.29, 1.82) is 0 Å². The van der Waals surface area contributed by atoms with E-state index in [-0.39, 0.29) is 35.9 Å². The minimum absolute atomic E-state index is 0.0684. The Morgan fingerprint density at radius 3 is 2.75 bits per heavy atom. The van der Waals surface area contributed by atoms with Gasteiger partial charge in [0.25, 0.3) is 0 Å². The molecule has 2 unspecified atom stereocenters. The summed E-state index contributed by atoms with van der Waals surface area (Å²) in [4.78, 5) is 30.0. The van der Waals surface area contributed by atoms with Crippen LogP contribution in [0.5, 0.6) is 11.5 Å². The van der Waals surface area contributed by atoms with E-state index in [2.05, 4.69) is 11.5 Å². The number of likely N-dealkylation sites (tertiary alicyclic amines) is 1. The molecule has 0 aromatic heterocycles. The summed E-state index contributed by atoms with van der Waals surface area (Å²) >= 11 is 0. The van der Waals surface area contributed by atoms with Gasteiger partial charge in [-0.3, -0.25) is 14.5 Å². The second kappa shape index (κ2) is 8.18. The molecule has 1 saturated carbocycles. The average molecular weight is 489 g/mol. The first kappa shape index (κ1) is 23.3. The number of phenols is 1. The van der Waals surface area contributed by atoms with Crippen LogP contribution in [0.4, 0.5) is 0 Å². The molecule has 1 saturated heterocycles. The van der Waals surface area contributed by atoms with Gasteiger partial charge in [0.15, 0.2) is 17.3 Å². The van der Waals surface area contributed by atoms with E-state index in [0.29, 0.717) is 43.5 Å². The number of likely N-dealkylation sites (N-methyl/N-ethyl adjacent to an activating group) is 1. The van der Waals surface area contributed by atoms with Gasteiger partial charge in [-0.05, 0) is 43.9 Å². The maximum absolute atomic E-state index is 13.3. The molecule has 2 aliphatic heterocycles. The topological polar surface area (TPSA) is 90.3 Å².